The van der Waals surface area contributed by atoms with Crippen molar-refractivity contribution in [1.82, 2.24) is 15.2 Å². The predicted octanol–water partition coefficient (Wildman–Crippen LogP) is 2.65. The minimum atomic E-state index is -3.56. The van der Waals surface area contributed by atoms with E-state index in [0.29, 0.717) is 0 Å². The molecule has 0 saturated carbocycles. The molecule has 1 aliphatic heterocycles. The lowest BCUT2D eigenvalue weighted by atomic mass is 9.85. The molecule has 9 heteroatoms. The molecule has 0 atom stereocenters. The number of anilines is 1. The van der Waals surface area contributed by atoms with Gasteiger partial charge in [0.2, 0.25) is 5.91 Å². The Morgan fingerprint density at radius 3 is 2.80 bits per heavy atom. The van der Waals surface area contributed by atoms with Gasteiger partial charge in [0.1, 0.15) is 0 Å². The molecule has 0 bridgehead atoms. The number of fused-ring (bicyclic) bond motifs is 6. The monoisotopic (exact) mass is 428 g/mol. The third-order valence-corrected chi connectivity index (χ3v) is 6.81. The molecule has 30 heavy (non-hydrogen) atoms. The Morgan fingerprint density at radius 1 is 1.23 bits per heavy atom. The number of hydrogen-bond donors (Lipinski definition) is 2. The number of nitrogens with one attached hydrogen (secondary N) is 2. The standard InChI is InChI=1S/C21H24N4O4S/c1-21(2)15-10-16-14(9-17(15)25(20(21)26)7-8-29-30(3,27)28)13-6-4-5-12-11-22-24-18(12)19(13)23-16/h9-11,23H,4-8H2,1-3H3,(H,22,24). The van der Waals surface area contributed by atoms with Gasteiger partial charge in [0.15, 0.2) is 0 Å². The van der Waals surface area contributed by atoms with Crippen molar-refractivity contribution in [3.05, 3.63) is 35.0 Å². The molecule has 1 aliphatic carbocycles. The fourth-order valence-corrected chi connectivity index (χ4v) is 5.10. The number of amides is 1. The smallest absolute Gasteiger partial charge is 0.264 e. The first kappa shape index (κ1) is 19.3. The van der Waals surface area contributed by atoms with Gasteiger partial charge in [-0.05, 0) is 61.9 Å². The molecule has 2 aliphatic rings. The van der Waals surface area contributed by atoms with Crippen LogP contribution in [-0.4, -0.2) is 48.9 Å². The zero-order chi connectivity index (χ0) is 21.3. The van der Waals surface area contributed by atoms with Gasteiger partial charge in [0, 0.05) is 16.6 Å². The number of aryl methyl sites for hydroxylation is 2. The van der Waals surface area contributed by atoms with Crippen LogP contribution >= 0.6 is 0 Å². The highest BCUT2D eigenvalue weighted by Gasteiger charge is 2.44. The molecule has 0 radical (unpaired) electrons. The summed E-state index contributed by atoms with van der Waals surface area (Å²) in [4.78, 5) is 18.3. The third-order valence-electron chi connectivity index (χ3n) is 6.22. The second kappa shape index (κ2) is 6.42. The van der Waals surface area contributed by atoms with E-state index in [2.05, 4.69) is 27.3 Å². The topological polar surface area (TPSA) is 108 Å². The normalized spacial score (nSPS) is 17.7. The largest absolute Gasteiger partial charge is 0.353 e. The van der Waals surface area contributed by atoms with Crippen LogP contribution in [0.3, 0.4) is 0 Å². The molecule has 3 heterocycles. The summed E-state index contributed by atoms with van der Waals surface area (Å²) in [6.45, 7) is 3.92. The molecule has 8 nitrogen and oxygen atoms in total. The average Bonchev–Trinajstić information content (AvgIpc) is 3.28. The van der Waals surface area contributed by atoms with E-state index < -0.39 is 15.5 Å². The van der Waals surface area contributed by atoms with Crippen molar-refractivity contribution in [1.29, 1.82) is 0 Å². The van der Waals surface area contributed by atoms with Crippen molar-refractivity contribution in [2.24, 2.45) is 0 Å². The minimum absolute atomic E-state index is 0.0517. The molecule has 0 fully saturated rings. The summed E-state index contributed by atoms with van der Waals surface area (Å²) in [5.74, 6) is -0.0517. The van der Waals surface area contributed by atoms with Gasteiger partial charge in [-0.25, -0.2) is 0 Å². The van der Waals surface area contributed by atoms with E-state index >= 15 is 0 Å². The maximum Gasteiger partial charge on any atom is 0.264 e. The lowest BCUT2D eigenvalue weighted by Gasteiger charge is -2.20. The van der Waals surface area contributed by atoms with Crippen molar-refractivity contribution < 1.29 is 17.4 Å². The van der Waals surface area contributed by atoms with Crippen LogP contribution < -0.4 is 4.90 Å². The van der Waals surface area contributed by atoms with Gasteiger partial charge < -0.3 is 9.88 Å². The Labute approximate surface area is 174 Å². The van der Waals surface area contributed by atoms with Crippen LogP contribution in [0.25, 0.3) is 22.3 Å². The molecule has 3 aromatic rings. The second-order valence-electron chi connectivity index (χ2n) is 8.63. The summed E-state index contributed by atoms with van der Waals surface area (Å²) in [6.07, 6.45) is 5.84. The van der Waals surface area contributed by atoms with Crippen LogP contribution in [0.1, 0.15) is 37.0 Å². The van der Waals surface area contributed by atoms with Crippen molar-refractivity contribution in [2.45, 2.75) is 38.5 Å². The van der Waals surface area contributed by atoms with Crippen molar-refractivity contribution in [3.8, 4) is 11.4 Å². The van der Waals surface area contributed by atoms with E-state index in [1.165, 1.54) is 11.1 Å². The Bertz CT molecular complexity index is 1290. The minimum Gasteiger partial charge on any atom is -0.353 e. The fraction of sp³-hybridized carbons (Fsp3) is 0.429. The summed E-state index contributed by atoms with van der Waals surface area (Å²) >= 11 is 0. The number of aromatic amines is 2. The number of benzene rings is 1. The SMILES string of the molecule is CC1(C)C(=O)N(CCOS(C)(=O)=O)c2cc3c4c([nH]c3cc21)-c1[nH]ncc1CCC4. The molecule has 158 valence electrons. The van der Waals surface area contributed by atoms with Gasteiger partial charge in [-0.3, -0.25) is 14.1 Å². The molecule has 0 unspecified atom stereocenters. The van der Waals surface area contributed by atoms with Crippen LogP contribution in [0.2, 0.25) is 0 Å². The summed E-state index contributed by atoms with van der Waals surface area (Å²) in [5.41, 5.74) is 6.59. The Balaban J connectivity index is 1.62. The maximum absolute atomic E-state index is 13.1. The second-order valence-corrected chi connectivity index (χ2v) is 10.3. The van der Waals surface area contributed by atoms with Crippen LogP contribution in [0.5, 0.6) is 0 Å². The summed E-state index contributed by atoms with van der Waals surface area (Å²) in [6, 6.07) is 4.12. The molecule has 5 rings (SSSR count). The van der Waals surface area contributed by atoms with Crippen LogP contribution in [0.15, 0.2) is 18.3 Å². The van der Waals surface area contributed by atoms with Crippen LogP contribution in [0, 0.1) is 0 Å². The molecule has 1 aromatic carbocycles. The first-order chi connectivity index (χ1) is 14.2. The van der Waals surface area contributed by atoms with Crippen LogP contribution in [-0.2, 0) is 37.4 Å². The fourth-order valence-electron chi connectivity index (χ4n) is 4.72. The quantitative estimate of drug-likeness (QED) is 0.621. The van der Waals surface area contributed by atoms with Crippen molar-refractivity contribution in [2.75, 3.05) is 24.3 Å². The number of rotatable bonds is 4. The Kier molecular flexibility index (Phi) is 4.14. The highest BCUT2D eigenvalue weighted by Crippen LogP contribution is 2.45. The molecule has 2 N–H and O–H groups in total. The number of nitrogens with zero attached hydrogens (tertiary/aromatic N) is 2. The number of hydrogen-bond acceptors (Lipinski definition) is 5. The number of carbonyl (C=O) groups is 1. The number of aromatic nitrogens is 3. The van der Waals surface area contributed by atoms with Gasteiger partial charge >= 0.3 is 0 Å². The van der Waals surface area contributed by atoms with Crippen LogP contribution in [0.4, 0.5) is 5.69 Å². The summed E-state index contributed by atoms with van der Waals surface area (Å²) in [7, 11) is -3.56. The molecular weight excluding hydrogens is 404 g/mol. The zero-order valence-electron chi connectivity index (χ0n) is 17.2. The zero-order valence-corrected chi connectivity index (χ0v) is 18.0. The molecule has 0 saturated heterocycles. The first-order valence-corrected chi connectivity index (χ1v) is 11.9. The maximum atomic E-state index is 13.1. The molecule has 2 aromatic heterocycles. The Hall–Kier alpha value is -2.65. The lowest BCUT2D eigenvalue weighted by molar-refractivity contribution is -0.122. The van der Waals surface area contributed by atoms with Gasteiger partial charge in [-0.1, -0.05) is 0 Å². The summed E-state index contributed by atoms with van der Waals surface area (Å²) < 4.78 is 27.6. The molecule has 0 spiro atoms. The van der Waals surface area contributed by atoms with E-state index in [0.717, 1.165) is 59.1 Å². The highest BCUT2D eigenvalue weighted by atomic mass is 32.2. The van der Waals surface area contributed by atoms with E-state index in [9.17, 15) is 13.2 Å². The average molecular weight is 429 g/mol. The van der Waals surface area contributed by atoms with Gasteiger partial charge in [0.25, 0.3) is 10.1 Å². The van der Waals surface area contributed by atoms with E-state index in [-0.39, 0.29) is 19.1 Å². The highest BCUT2D eigenvalue weighted by molar-refractivity contribution is 7.85. The van der Waals surface area contributed by atoms with E-state index in [4.69, 9.17) is 4.18 Å². The summed E-state index contributed by atoms with van der Waals surface area (Å²) in [5, 5.41) is 8.43. The lowest BCUT2D eigenvalue weighted by Crippen LogP contribution is -2.38. The Morgan fingerprint density at radius 2 is 2.03 bits per heavy atom. The molecule has 1 amide bonds. The van der Waals surface area contributed by atoms with Gasteiger partial charge in [-0.2, -0.15) is 13.5 Å². The van der Waals surface area contributed by atoms with Crippen molar-refractivity contribution >= 4 is 32.6 Å². The van der Waals surface area contributed by atoms with Gasteiger partial charge in [-0.15, -0.1) is 0 Å². The van der Waals surface area contributed by atoms with E-state index in [1.807, 2.05) is 20.0 Å². The number of H-pyrrole nitrogens is 2. The van der Waals surface area contributed by atoms with Gasteiger partial charge in [0.05, 0.1) is 42.4 Å². The van der Waals surface area contributed by atoms with E-state index in [1.54, 1.807) is 4.90 Å². The molecular formula is C21H24N4O4S. The predicted molar refractivity (Wildman–Crippen MR) is 114 cm³/mol. The first-order valence-electron chi connectivity index (χ1n) is 10.0. The third kappa shape index (κ3) is 2.87. The number of carbonyl (C=O) groups excluding carboxylic acids is 1. The van der Waals surface area contributed by atoms with Crippen molar-refractivity contribution in [3.63, 3.8) is 0 Å².